The number of aromatic nitrogens is 3. The number of anilines is 1. The van der Waals surface area contributed by atoms with Gasteiger partial charge < -0.3 is 14.6 Å². The van der Waals surface area contributed by atoms with Crippen LogP contribution in [0, 0.1) is 0 Å². The molecule has 0 unspecified atom stereocenters. The lowest BCUT2D eigenvalue weighted by Crippen LogP contribution is -2.24. The van der Waals surface area contributed by atoms with E-state index in [1.165, 1.54) is 0 Å². The molecular formula is C17H16BrN5O. The molecular weight excluding hydrogens is 370 g/mol. The molecule has 0 fully saturated rings. The van der Waals surface area contributed by atoms with E-state index in [1.54, 1.807) is 7.11 Å². The lowest BCUT2D eigenvalue weighted by atomic mass is 10.2. The number of benzene rings is 1. The average molecular weight is 386 g/mol. The van der Waals surface area contributed by atoms with Crippen molar-refractivity contribution < 1.29 is 4.74 Å². The second kappa shape index (κ2) is 6.24. The zero-order valence-electron chi connectivity index (χ0n) is 13.2. The van der Waals surface area contributed by atoms with Crippen molar-refractivity contribution in [3.05, 3.63) is 46.6 Å². The highest BCUT2D eigenvalue weighted by molar-refractivity contribution is 9.10. The number of ether oxygens (including phenoxy) is 1. The largest absolute Gasteiger partial charge is 0.494 e. The van der Waals surface area contributed by atoms with Crippen LogP contribution in [0.2, 0.25) is 0 Å². The lowest BCUT2D eigenvalue weighted by Gasteiger charge is -2.25. The molecule has 0 atom stereocenters. The normalized spacial score (nSPS) is 14.3. The first-order chi connectivity index (χ1) is 11.8. The van der Waals surface area contributed by atoms with E-state index >= 15 is 0 Å². The van der Waals surface area contributed by atoms with E-state index < -0.39 is 0 Å². The average Bonchev–Trinajstić information content (AvgIpc) is 2.63. The van der Waals surface area contributed by atoms with Crippen molar-refractivity contribution in [1.29, 1.82) is 0 Å². The van der Waals surface area contributed by atoms with Crippen molar-refractivity contribution >= 4 is 27.4 Å². The second-order valence-electron chi connectivity index (χ2n) is 5.51. The molecule has 3 aliphatic heterocycles. The molecule has 1 aromatic carbocycles. The Bertz CT molecular complexity index is 937. The predicted molar refractivity (Wildman–Crippen MR) is 95.7 cm³/mol. The van der Waals surface area contributed by atoms with Gasteiger partial charge in [-0.1, -0.05) is 12.1 Å². The molecule has 3 aliphatic rings. The zero-order chi connectivity index (χ0) is 16.5. The molecule has 122 valence electrons. The molecule has 6 nitrogen and oxygen atoms in total. The molecule has 0 radical (unpaired) electrons. The van der Waals surface area contributed by atoms with Crippen molar-refractivity contribution in [2.75, 3.05) is 19.0 Å². The number of halogens is 1. The molecule has 0 aliphatic carbocycles. The molecule has 0 spiro atoms. The monoisotopic (exact) mass is 385 g/mol. The molecule has 0 amide bonds. The fourth-order valence-corrected chi connectivity index (χ4v) is 3.46. The summed E-state index contributed by atoms with van der Waals surface area (Å²) in [6.07, 6.45) is 2.87. The maximum atomic E-state index is 5.34. The van der Waals surface area contributed by atoms with Gasteiger partial charge in [0.25, 0.3) is 5.62 Å². The van der Waals surface area contributed by atoms with E-state index in [0.29, 0.717) is 17.1 Å². The van der Waals surface area contributed by atoms with Crippen LogP contribution in [-0.2, 0) is 6.54 Å². The van der Waals surface area contributed by atoms with Gasteiger partial charge >= 0.3 is 0 Å². The van der Waals surface area contributed by atoms with Crippen LogP contribution in [-0.4, -0.2) is 28.2 Å². The zero-order valence-corrected chi connectivity index (χ0v) is 14.7. The van der Waals surface area contributed by atoms with Crippen LogP contribution in [0.15, 0.2) is 46.0 Å². The van der Waals surface area contributed by atoms with Crippen molar-refractivity contribution in [1.82, 2.24) is 14.5 Å². The van der Waals surface area contributed by atoms with Crippen LogP contribution in [0.25, 0.3) is 11.4 Å². The minimum atomic E-state index is 0.426. The van der Waals surface area contributed by atoms with Crippen LogP contribution in [0.4, 0.5) is 11.5 Å². The Labute approximate surface area is 147 Å². The molecule has 1 N–H and O–H groups in total. The maximum absolute atomic E-state index is 5.34. The first-order valence-electron chi connectivity index (χ1n) is 7.74. The van der Waals surface area contributed by atoms with Gasteiger partial charge in [-0.15, -0.1) is 0 Å². The summed E-state index contributed by atoms with van der Waals surface area (Å²) in [6.45, 7) is 1.89. The van der Waals surface area contributed by atoms with Gasteiger partial charge in [0.15, 0.2) is 0 Å². The number of hydrogen-bond donors (Lipinski definition) is 1. The second-order valence-corrected chi connectivity index (χ2v) is 6.36. The quantitative estimate of drug-likeness (QED) is 0.735. The van der Waals surface area contributed by atoms with Crippen LogP contribution in [0.1, 0.15) is 6.42 Å². The number of methoxy groups -OCH3 is 1. The van der Waals surface area contributed by atoms with Gasteiger partial charge in [-0.25, -0.2) is 9.98 Å². The van der Waals surface area contributed by atoms with E-state index in [9.17, 15) is 0 Å². The van der Waals surface area contributed by atoms with Gasteiger partial charge in [0.1, 0.15) is 23.1 Å². The Balaban J connectivity index is 1.91. The van der Waals surface area contributed by atoms with Gasteiger partial charge in [0, 0.05) is 24.8 Å². The standard InChI is InChI=1S/C17H16BrN5O/c1-24-14-6-3-2-5-13(14)21-17-20-10-11-9-12(18)16-19-7-4-8-23(16)15(11)22-17/h2-3,5-6,9-10,19H,4,7-8H2,1H3. The van der Waals surface area contributed by atoms with E-state index in [0.717, 1.165) is 41.2 Å². The van der Waals surface area contributed by atoms with Crippen molar-refractivity contribution in [3.8, 4) is 17.1 Å². The third kappa shape index (κ3) is 2.65. The number of para-hydroxylation sites is 2. The topological polar surface area (TPSA) is 64.3 Å². The molecule has 1 aromatic rings. The first kappa shape index (κ1) is 15.1. The van der Waals surface area contributed by atoms with Crippen molar-refractivity contribution in [2.45, 2.75) is 13.0 Å². The van der Waals surface area contributed by atoms with Gasteiger partial charge in [0.2, 0.25) is 0 Å². The molecule has 4 rings (SSSR count). The summed E-state index contributed by atoms with van der Waals surface area (Å²) in [6, 6.07) is 9.62. The van der Waals surface area contributed by atoms with Crippen LogP contribution in [0.3, 0.4) is 0 Å². The third-order valence-corrected chi connectivity index (χ3v) is 4.58. The fraction of sp³-hybridized carbons (Fsp3) is 0.235. The van der Waals surface area contributed by atoms with Gasteiger partial charge in [-0.3, -0.25) is 0 Å². The Morgan fingerprint density at radius 1 is 1.33 bits per heavy atom. The van der Waals surface area contributed by atoms with E-state index in [4.69, 9.17) is 4.74 Å². The maximum Gasteiger partial charge on any atom is 0.252 e. The van der Waals surface area contributed by atoms with Crippen molar-refractivity contribution in [3.63, 3.8) is 0 Å². The number of rotatable bonds is 2. The molecule has 0 aromatic heterocycles. The molecule has 7 heteroatoms. The summed E-state index contributed by atoms with van der Waals surface area (Å²) >= 11 is 3.62. The number of pyridine rings is 1. The summed E-state index contributed by atoms with van der Waals surface area (Å²) in [5.41, 5.74) is 2.12. The Kier molecular flexibility index (Phi) is 3.93. The summed E-state index contributed by atoms with van der Waals surface area (Å²) in [5.74, 6) is 2.63. The Morgan fingerprint density at radius 3 is 3.08 bits per heavy atom. The van der Waals surface area contributed by atoms with Gasteiger partial charge in [-0.2, -0.15) is 4.98 Å². The van der Waals surface area contributed by atoms with E-state index in [1.807, 2.05) is 36.5 Å². The number of nitrogens with zero attached hydrogens (tertiary/aromatic N) is 4. The fourth-order valence-electron chi connectivity index (χ4n) is 2.86. The van der Waals surface area contributed by atoms with E-state index in [2.05, 4.69) is 40.8 Å². The highest BCUT2D eigenvalue weighted by Crippen LogP contribution is 2.33. The highest BCUT2D eigenvalue weighted by Gasteiger charge is 2.18. The van der Waals surface area contributed by atoms with Crippen molar-refractivity contribution in [2.24, 2.45) is 4.99 Å². The smallest absolute Gasteiger partial charge is 0.252 e. The Hall–Kier alpha value is -2.41. The molecule has 24 heavy (non-hydrogen) atoms. The highest BCUT2D eigenvalue weighted by atomic mass is 79.9. The van der Waals surface area contributed by atoms with Crippen LogP contribution in [0.5, 0.6) is 5.75 Å². The number of fused-ring (bicyclic) bond motifs is 3. The number of hydrogen-bond acceptors (Lipinski definition) is 5. The summed E-state index contributed by atoms with van der Waals surface area (Å²) < 4.78 is 8.53. The van der Waals surface area contributed by atoms with Crippen LogP contribution < -0.4 is 15.7 Å². The van der Waals surface area contributed by atoms with Crippen LogP contribution >= 0.6 is 15.9 Å². The van der Waals surface area contributed by atoms with E-state index in [-0.39, 0.29) is 0 Å². The summed E-state index contributed by atoms with van der Waals surface area (Å²) in [4.78, 5) is 13.6. The predicted octanol–water partition coefficient (Wildman–Crippen LogP) is 3.20. The molecule has 0 bridgehead atoms. The molecule has 0 saturated carbocycles. The summed E-state index contributed by atoms with van der Waals surface area (Å²) in [7, 11) is 1.63. The summed E-state index contributed by atoms with van der Waals surface area (Å²) in [5, 5.41) is 3.42. The molecule has 3 heterocycles. The minimum Gasteiger partial charge on any atom is -0.494 e. The lowest BCUT2D eigenvalue weighted by molar-refractivity contribution is 0.416. The van der Waals surface area contributed by atoms with Gasteiger partial charge in [0.05, 0.1) is 11.6 Å². The SMILES string of the molecule is COc1ccccc1N=c1ncc2cc(Br)c3n(c-2n1)CCCN3. The third-order valence-electron chi connectivity index (χ3n) is 3.97. The molecule has 0 saturated heterocycles. The number of nitrogens with one attached hydrogen (secondary N) is 1. The minimum absolute atomic E-state index is 0.426. The first-order valence-corrected chi connectivity index (χ1v) is 8.53. The van der Waals surface area contributed by atoms with Gasteiger partial charge in [-0.05, 0) is 40.5 Å². The Morgan fingerprint density at radius 2 is 2.21 bits per heavy atom.